The lowest BCUT2D eigenvalue weighted by Crippen LogP contribution is -2.44. The Morgan fingerprint density at radius 3 is 2.79 bits per heavy atom. The second kappa shape index (κ2) is 4.44. The molecule has 0 aromatic rings. The van der Waals surface area contributed by atoms with Crippen molar-refractivity contribution in [2.24, 2.45) is 11.8 Å². The smallest absolute Gasteiger partial charge is 0.308 e. The second-order valence-corrected chi connectivity index (χ2v) is 4.27. The topological polar surface area (TPSA) is 57.6 Å². The van der Waals surface area contributed by atoms with Gasteiger partial charge in [0.05, 0.1) is 5.92 Å². The molecule has 0 aromatic heterocycles. The Bertz CT molecular complexity index is 238. The zero-order valence-corrected chi connectivity index (χ0v) is 8.69. The number of piperidine rings is 1. The fourth-order valence-electron chi connectivity index (χ4n) is 1.73. The summed E-state index contributed by atoms with van der Waals surface area (Å²) in [5.41, 5.74) is 0. The zero-order chi connectivity index (χ0) is 10.7. The van der Waals surface area contributed by atoms with E-state index in [0.29, 0.717) is 31.8 Å². The molecule has 0 saturated carbocycles. The summed E-state index contributed by atoms with van der Waals surface area (Å²) in [6.45, 7) is 5.10. The largest absolute Gasteiger partial charge is 0.481 e. The van der Waals surface area contributed by atoms with Gasteiger partial charge in [0.15, 0.2) is 0 Å². The van der Waals surface area contributed by atoms with Gasteiger partial charge in [0.25, 0.3) is 0 Å². The number of carbonyl (C=O) groups is 2. The lowest BCUT2D eigenvalue weighted by molar-refractivity contribution is -0.147. The van der Waals surface area contributed by atoms with Crippen LogP contribution in [-0.2, 0) is 9.59 Å². The highest BCUT2D eigenvalue weighted by atomic mass is 16.4. The van der Waals surface area contributed by atoms with Gasteiger partial charge in [-0.05, 0) is 12.3 Å². The van der Waals surface area contributed by atoms with E-state index in [9.17, 15) is 9.59 Å². The number of hydrogen-bond acceptors (Lipinski definition) is 2. The molecule has 0 aromatic carbocycles. The SMILES string of the molecule is CC(C)CN1C[C@@H](C(=O)O)CCC1=O. The standard InChI is InChI=1S/C10H17NO3/c1-7(2)5-11-6-8(10(13)14)3-4-9(11)12/h7-8H,3-6H2,1-2H3,(H,13,14)/t8-/m0/s1. The maximum atomic E-state index is 11.4. The first-order chi connectivity index (χ1) is 6.50. The number of rotatable bonds is 3. The Balaban J connectivity index is 2.55. The minimum Gasteiger partial charge on any atom is -0.481 e. The fourth-order valence-corrected chi connectivity index (χ4v) is 1.73. The average molecular weight is 199 g/mol. The van der Waals surface area contributed by atoms with Crippen molar-refractivity contribution in [1.29, 1.82) is 0 Å². The Morgan fingerprint density at radius 2 is 2.29 bits per heavy atom. The second-order valence-electron chi connectivity index (χ2n) is 4.27. The Hall–Kier alpha value is -1.06. The molecule has 0 aliphatic carbocycles. The first-order valence-electron chi connectivity index (χ1n) is 5.01. The van der Waals surface area contributed by atoms with Gasteiger partial charge in [0.1, 0.15) is 0 Å². The molecule has 1 rings (SSSR count). The number of carboxylic acid groups (broad SMARTS) is 1. The summed E-state index contributed by atoms with van der Waals surface area (Å²) < 4.78 is 0. The predicted octanol–water partition coefficient (Wildman–Crippen LogP) is 0.966. The Kier molecular flexibility index (Phi) is 3.49. The summed E-state index contributed by atoms with van der Waals surface area (Å²) in [6.07, 6.45) is 0.868. The molecule has 0 spiro atoms. The van der Waals surface area contributed by atoms with Crippen molar-refractivity contribution in [3.63, 3.8) is 0 Å². The van der Waals surface area contributed by atoms with Gasteiger partial charge < -0.3 is 10.0 Å². The molecule has 80 valence electrons. The van der Waals surface area contributed by atoms with E-state index in [1.807, 2.05) is 13.8 Å². The third-order valence-corrected chi connectivity index (χ3v) is 2.43. The molecule has 0 radical (unpaired) electrons. The third-order valence-electron chi connectivity index (χ3n) is 2.43. The molecule has 1 heterocycles. The average Bonchev–Trinajstić information content (AvgIpc) is 2.07. The highest BCUT2D eigenvalue weighted by molar-refractivity contribution is 5.80. The van der Waals surface area contributed by atoms with Crippen LogP contribution in [0.1, 0.15) is 26.7 Å². The lowest BCUT2D eigenvalue weighted by atomic mass is 9.97. The van der Waals surface area contributed by atoms with Crippen LogP contribution < -0.4 is 0 Å². The van der Waals surface area contributed by atoms with Crippen molar-refractivity contribution in [1.82, 2.24) is 4.90 Å². The van der Waals surface area contributed by atoms with E-state index in [0.717, 1.165) is 0 Å². The van der Waals surface area contributed by atoms with Gasteiger partial charge in [-0.2, -0.15) is 0 Å². The van der Waals surface area contributed by atoms with E-state index in [-0.39, 0.29) is 11.8 Å². The molecular formula is C10H17NO3. The number of carboxylic acids is 1. The van der Waals surface area contributed by atoms with Crippen LogP contribution in [0, 0.1) is 11.8 Å². The van der Waals surface area contributed by atoms with Gasteiger partial charge in [0, 0.05) is 19.5 Å². The number of carbonyl (C=O) groups excluding carboxylic acids is 1. The van der Waals surface area contributed by atoms with Crippen molar-refractivity contribution in [3.8, 4) is 0 Å². The van der Waals surface area contributed by atoms with E-state index >= 15 is 0 Å². The van der Waals surface area contributed by atoms with Crippen LogP contribution in [0.3, 0.4) is 0 Å². The summed E-state index contributed by atoms with van der Waals surface area (Å²) in [5.74, 6) is -0.666. The van der Waals surface area contributed by atoms with Crippen molar-refractivity contribution >= 4 is 11.9 Å². The van der Waals surface area contributed by atoms with Crippen molar-refractivity contribution in [2.75, 3.05) is 13.1 Å². The summed E-state index contributed by atoms with van der Waals surface area (Å²) >= 11 is 0. The number of amides is 1. The summed E-state index contributed by atoms with van der Waals surface area (Å²) in [7, 11) is 0. The van der Waals surface area contributed by atoms with E-state index in [1.54, 1.807) is 4.90 Å². The van der Waals surface area contributed by atoms with E-state index in [4.69, 9.17) is 5.11 Å². The van der Waals surface area contributed by atoms with Crippen LogP contribution in [-0.4, -0.2) is 35.0 Å². The maximum Gasteiger partial charge on any atom is 0.308 e. The molecule has 1 saturated heterocycles. The van der Waals surface area contributed by atoms with E-state index in [2.05, 4.69) is 0 Å². The van der Waals surface area contributed by atoms with Gasteiger partial charge in [-0.1, -0.05) is 13.8 Å². The highest BCUT2D eigenvalue weighted by Crippen LogP contribution is 2.18. The van der Waals surface area contributed by atoms with Gasteiger partial charge in [-0.3, -0.25) is 9.59 Å². The molecule has 1 aliphatic heterocycles. The Labute approximate surface area is 83.9 Å². The molecule has 14 heavy (non-hydrogen) atoms. The minimum atomic E-state index is -0.786. The molecule has 1 fully saturated rings. The molecule has 1 amide bonds. The lowest BCUT2D eigenvalue weighted by Gasteiger charge is -2.31. The molecule has 1 aliphatic rings. The van der Waals surface area contributed by atoms with Gasteiger partial charge >= 0.3 is 5.97 Å². The van der Waals surface area contributed by atoms with Crippen molar-refractivity contribution in [3.05, 3.63) is 0 Å². The third kappa shape index (κ3) is 2.72. The molecule has 0 bridgehead atoms. The normalized spacial score (nSPS) is 22.9. The van der Waals surface area contributed by atoms with Crippen molar-refractivity contribution in [2.45, 2.75) is 26.7 Å². The van der Waals surface area contributed by atoms with Crippen LogP contribution in [0.4, 0.5) is 0 Å². The molecule has 0 unspecified atom stereocenters. The number of nitrogens with zero attached hydrogens (tertiary/aromatic N) is 1. The maximum absolute atomic E-state index is 11.4. The fraction of sp³-hybridized carbons (Fsp3) is 0.800. The van der Waals surface area contributed by atoms with Crippen LogP contribution in [0.25, 0.3) is 0 Å². The van der Waals surface area contributed by atoms with Crippen molar-refractivity contribution < 1.29 is 14.7 Å². The molecule has 1 atom stereocenters. The van der Waals surface area contributed by atoms with Crippen LogP contribution >= 0.6 is 0 Å². The molecule has 4 nitrogen and oxygen atoms in total. The van der Waals surface area contributed by atoms with Crippen LogP contribution in [0.15, 0.2) is 0 Å². The minimum absolute atomic E-state index is 0.0937. The number of aliphatic carboxylic acids is 1. The first kappa shape index (κ1) is 11.0. The van der Waals surface area contributed by atoms with Crippen LogP contribution in [0.5, 0.6) is 0 Å². The number of likely N-dealkylation sites (tertiary alicyclic amines) is 1. The predicted molar refractivity (Wildman–Crippen MR) is 51.8 cm³/mol. The van der Waals surface area contributed by atoms with Gasteiger partial charge in [-0.15, -0.1) is 0 Å². The monoisotopic (exact) mass is 199 g/mol. The van der Waals surface area contributed by atoms with Gasteiger partial charge in [-0.25, -0.2) is 0 Å². The Morgan fingerprint density at radius 1 is 1.64 bits per heavy atom. The first-order valence-corrected chi connectivity index (χ1v) is 5.01. The quantitative estimate of drug-likeness (QED) is 0.736. The molecule has 4 heteroatoms. The summed E-state index contributed by atoms with van der Waals surface area (Å²) in [6, 6.07) is 0. The zero-order valence-electron chi connectivity index (χ0n) is 8.69. The van der Waals surface area contributed by atoms with E-state index in [1.165, 1.54) is 0 Å². The highest BCUT2D eigenvalue weighted by Gasteiger charge is 2.29. The summed E-state index contributed by atoms with van der Waals surface area (Å²) in [5, 5.41) is 8.84. The summed E-state index contributed by atoms with van der Waals surface area (Å²) in [4.78, 5) is 23.9. The molecular weight excluding hydrogens is 182 g/mol. The van der Waals surface area contributed by atoms with Crippen LogP contribution in [0.2, 0.25) is 0 Å². The molecule has 1 N–H and O–H groups in total. The number of hydrogen-bond donors (Lipinski definition) is 1. The van der Waals surface area contributed by atoms with Gasteiger partial charge in [0.2, 0.25) is 5.91 Å². The van der Waals surface area contributed by atoms with E-state index < -0.39 is 5.97 Å².